The quantitative estimate of drug-likeness (QED) is 0.182. The number of hydrogen-bond acceptors (Lipinski definition) is 4. The van der Waals surface area contributed by atoms with Crippen molar-refractivity contribution in [2.45, 2.75) is 92.4 Å². The molecule has 0 aromatic heterocycles. The number of hydrogen-bond donors (Lipinski definition) is 2. The SMILES string of the molecule is Cc1cc(CN(CCN(Cc2ccccc2)Cc2cc(C)cc(C(C)(C)C)c2O)Cc2ccccc2)c(O)c(C(C)(C)C)c1. The summed E-state index contributed by atoms with van der Waals surface area (Å²) in [4.78, 5) is 4.87. The molecule has 0 bridgehead atoms. The molecule has 4 aromatic rings. The summed E-state index contributed by atoms with van der Waals surface area (Å²) in [6, 6.07) is 29.6. The molecule has 4 aromatic carbocycles. The molecule has 0 unspecified atom stereocenters. The first-order valence-electron chi connectivity index (χ1n) is 15.9. The largest absolute Gasteiger partial charge is 0.507 e. The number of phenols is 2. The van der Waals surface area contributed by atoms with Crippen molar-refractivity contribution in [1.29, 1.82) is 0 Å². The molecule has 234 valence electrons. The summed E-state index contributed by atoms with van der Waals surface area (Å²) >= 11 is 0. The molecule has 0 atom stereocenters. The molecule has 0 heterocycles. The summed E-state index contributed by atoms with van der Waals surface area (Å²) in [5.74, 6) is 0.809. The molecule has 0 saturated carbocycles. The van der Waals surface area contributed by atoms with E-state index >= 15 is 0 Å². The van der Waals surface area contributed by atoms with E-state index in [1.807, 2.05) is 0 Å². The van der Waals surface area contributed by atoms with Gasteiger partial charge in [0.25, 0.3) is 0 Å². The lowest BCUT2D eigenvalue weighted by molar-refractivity contribution is 0.180. The van der Waals surface area contributed by atoms with E-state index in [9.17, 15) is 10.2 Å². The van der Waals surface area contributed by atoms with Gasteiger partial charge >= 0.3 is 0 Å². The molecule has 0 spiro atoms. The zero-order valence-electron chi connectivity index (χ0n) is 28.1. The van der Waals surface area contributed by atoms with Crippen LogP contribution in [0, 0.1) is 13.8 Å². The molecule has 0 aliphatic heterocycles. The van der Waals surface area contributed by atoms with Crippen molar-refractivity contribution in [3.63, 3.8) is 0 Å². The second-order valence-corrected chi connectivity index (χ2v) is 14.5. The Balaban J connectivity index is 1.65. The van der Waals surface area contributed by atoms with E-state index in [0.717, 1.165) is 59.6 Å². The van der Waals surface area contributed by atoms with E-state index in [-0.39, 0.29) is 10.8 Å². The van der Waals surface area contributed by atoms with E-state index in [0.29, 0.717) is 24.6 Å². The summed E-state index contributed by atoms with van der Waals surface area (Å²) in [5.41, 5.74) is 8.43. The van der Waals surface area contributed by atoms with Crippen LogP contribution >= 0.6 is 0 Å². The highest BCUT2D eigenvalue weighted by molar-refractivity contribution is 5.48. The predicted molar refractivity (Wildman–Crippen MR) is 184 cm³/mol. The molecule has 4 rings (SSSR count). The monoisotopic (exact) mass is 592 g/mol. The Hall–Kier alpha value is -3.60. The molecule has 0 radical (unpaired) electrons. The van der Waals surface area contributed by atoms with Crippen LogP contribution in [0.25, 0.3) is 0 Å². The highest BCUT2D eigenvalue weighted by atomic mass is 16.3. The van der Waals surface area contributed by atoms with Gasteiger partial charge in [-0.25, -0.2) is 0 Å². The predicted octanol–water partition coefficient (Wildman–Crippen LogP) is 9.01. The first-order valence-corrected chi connectivity index (χ1v) is 15.9. The summed E-state index contributed by atoms with van der Waals surface area (Å²) in [6.45, 7) is 21.6. The normalized spacial score (nSPS) is 12.3. The average molecular weight is 593 g/mol. The van der Waals surface area contributed by atoms with Gasteiger partial charge in [0, 0.05) is 50.4 Å². The second kappa shape index (κ2) is 14.0. The number of aromatic hydroxyl groups is 2. The lowest BCUT2D eigenvalue weighted by Gasteiger charge is -2.30. The standard InChI is InChI=1S/C40H52N2O2/c1-29-21-33(37(43)35(23-29)39(3,4)5)27-41(25-31-15-11-9-12-16-31)19-20-42(26-32-17-13-10-14-18-32)28-34-22-30(2)24-36(38(34)44)40(6,7)8/h9-18,21-24,43-44H,19-20,25-28H2,1-8H3. The zero-order valence-corrected chi connectivity index (χ0v) is 28.1. The van der Waals surface area contributed by atoms with Gasteiger partial charge in [-0.1, -0.05) is 138 Å². The first kappa shape index (κ1) is 33.3. The maximum Gasteiger partial charge on any atom is 0.123 e. The van der Waals surface area contributed by atoms with Crippen LogP contribution in [0.1, 0.15) is 86.1 Å². The van der Waals surface area contributed by atoms with E-state index < -0.39 is 0 Å². The molecule has 2 N–H and O–H groups in total. The fourth-order valence-corrected chi connectivity index (χ4v) is 5.97. The van der Waals surface area contributed by atoms with E-state index in [1.54, 1.807) is 0 Å². The van der Waals surface area contributed by atoms with Gasteiger partial charge in [0.1, 0.15) is 11.5 Å². The van der Waals surface area contributed by atoms with Gasteiger partial charge in [-0.05, 0) is 46.9 Å². The van der Waals surface area contributed by atoms with Crippen LogP contribution in [0.2, 0.25) is 0 Å². The van der Waals surface area contributed by atoms with Crippen LogP contribution in [0.3, 0.4) is 0 Å². The molecule has 4 nitrogen and oxygen atoms in total. The van der Waals surface area contributed by atoms with E-state index in [1.165, 1.54) is 11.1 Å². The van der Waals surface area contributed by atoms with Gasteiger partial charge in [0.15, 0.2) is 0 Å². The Morgan fingerprint density at radius 3 is 1.16 bits per heavy atom. The Bertz CT molecular complexity index is 1400. The van der Waals surface area contributed by atoms with Gasteiger partial charge in [-0.15, -0.1) is 0 Å². The van der Waals surface area contributed by atoms with Crippen molar-refractivity contribution < 1.29 is 10.2 Å². The zero-order chi connectivity index (χ0) is 32.1. The van der Waals surface area contributed by atoms with Crippen molar-refractivity contribution >= 4 is 0 Å². The molecule has 0 aliphatic rings. The molecular formula is C40H52N2O2. The number of phenolic OH excluding ortho intramolecular Hbond substituents is 2. The highest BCUT2D eigenvalue weighted by Gasteiger charge is 2.24. The summed E-state index contributed by atoms with van der Waals surface area (Å²) in [5, 5.41) is 22.8. The van der Waals surface area contributed by atoms with Crippen molar-refractivity contribution in [2.75, 3.05) is 13.1 Å². The van der Waals surface area contributed by atoms with Gasteiger partial charge in [-0.3, -0.25) is 9.80 Å². The molecule has 44 heavy (non-hydrogen) atoms. The topological polar surface area (TPSA) is 46.9 Å². The Labute approximate surface area is 266 Å². The number of rotatable bonds is 11. The summed E-state index contributed by atoms with van der Waals surface area (Å²) in [6.07, 6.45) is 0. The number of aryl methyl sites for hydroxylation is 2. The first-order chi connectivity index (χ1) is 20.7. The third-order valence-corrected chi connectivity index (χ3v) is 8.30. The average Bonchev–Trinajstić information content (AvgIpc) is 2.95. The maximum atomic E-state index is 11.4. The third-order valence-electron chi connectivity index (χ3n) is 8.30. The van der Waals surface area contributed by atoms with Crippen molar-refractivity contribution in [3.8, 4) is 11.5 Å². The van der Waals surface area contributed by atoms with Crippen LogP contribution in [0.15, 0.2) is 84.9 Å². The van der Waals surface area contributed by atoms with Crippen LogP contribution in [0.5, 0.6) is 11.5 Å². The van der Waals surface area contributed by atoms with Gasteiger partial charge in [-0.2, -0.15) is 0 Å². The van der Waals surface area contributed by atoms with Crippen molar-refractivity contribution in [2.24, 2.45) is 0 Å². The summed E-state index contributed by atoms with van der Waals surface area (Å²) in [7, 11) is 0. The highest BCUT2D eigenvalue weighted by Crippen LogP contribution is 2.36. The Kier molecular flexibility index (Phi) is 10.6. The third kappa shape index (κ3) is 8.97. The minimum absolute atomic E-state index is 0.149. The fourth-order valence-electron chi connectivity index (χ4n) is 5.97. The lowest BCUT2D eigenvalue weighted by Crippen LogP contribution is -2.34. The van der Waals surface area contributed by atoms with Crippen LogP contribution < -0.4 is 0 Å². The molecule has 0 saturated heterocycles. The molecular weight excluding hydrogens is 540 g/mol. The number of nitrogens with zero attached hydrogens (tertiary/aromatic N) is 2. The van der Waals surface area contributed by atoms with Crippen LogP contribution in [-0.4, -0.2) is 33.1 Å². The van der Waals surface area contributed by atoms with Crippen molar-refractivity contribution in [3.05, 3.63) is 129 Å². The minimum atomic E-state index is -0.149. The summed E-state index contributed by atoms with van der Waals surface area (Å²) < 4.78 is 0. The molecule has 0 fully saturated rings. The van der Waals surface area contributed by atoms with E-state index in [2.05, 4.69) is 150 Å². The Morgan fingerprint density at radius 2 is 0.841 bits per heavy atom. The molecule has 0 amide bonds. The van der Waals surface area contributed by atoms with E-state index in [4.69, 9.17) is 0 Å². The van der Waals surface area contributed by atoms with Gasteiger partial charge in [0.05, 0.1) is 0 Å². The van der Waals surface area contributed by atoms with Gasteiger partial charge in [0.2, 0.25) is 0 Å². The van der Waals surface area contributed by atoms with Crippen LogP contribution in [-0.2, 0) is 37.0 Å². The maximum absolute atomic E-state index is 11.4. The smallest absolute Gasteiger partial charge is 0.123 e. The molecule has 4 heteroatoms. The van der Waals surface area contributed by atoms with Crippen LogP contribution in [0.4, 0.5) is 0 Å². The number of benzene rings is 4. The molecule has 0 aliphatic carbocycles. The van der Waals surface area contributed by atoms with Gasteiger partial charge < -0.3 is 10.2 Å². The lowest BCUT2D eigenvalue weighted by atomic mass is 9.84. The minimum Gasteiger partial charge on any atom is -0.507 e. The second-order valence-electron chi connectivity index (χ2n) is 14.5. The fraction of sp³-hybridized carbons (Fsp3) is 0.400. The van der Waals surface area contributed by atoms with Crippen molar-refractivity contribution in [1.82, 2.24) is 9.80 Å². The Morgan fingerprint density at radius 1 is 0.500 bits per heavy atom.